The summed E-state index contributed by atoms with van der Waals surface area (Å²) in [5.74, 6) is -0.394. The van der Waals surface area contributed by atoms with Gasteiger partial charge < -0.3 is 10.1 Å². The fourth-order valence-corrected chi connectivity index (χ4v) is 1.35. The third-order valence-corrected chi connectivity index (χ3v) is 2.53. The molecule has 2 atom stereocenters. The van der Waals surface area contributed by atoms with E-state index >= 15 is 0 Å². The van der Waals surface area contributed by atoms with Gasteiger partial charge in [0.25, 0.3) is 0 Å². The van der Waals surface area contributed by atoms with E-state index in [1.807, 2.05) is 0 Å². The van der Waals surface area contributed by atoms with Crippen molar-refractivity contribution in [1.82, 2.24) is 10.6 Å². The highest BCUT2D eigenvalue weighted by molar-refractivity contribution is 9.10. The molecule has 1 saturated heterocycles. The maximum absolute atomic E-state index is 11.3. The first-order chi connectivity index (χ1) is 5.98. The Morgan fingerprint density at radius 2 is 2.23 bits per heavy atom. The van der Waals surface area contributed by atoms with Crippen molar-refractivity contribution in [2.75, 3.05) is 6.61 Å². The minimum Gasteiger partial charge on any atom is -0.357 e. The molecule has 0 aromatic heterocycles. The van der Waals surface area contributed by atoms with E-state index in [4.69, 9.17) is 4.74 Å². The van der Waals surface area contributed by atoms with E-state index in [0.29, 0.717) is 6.61 Å². The Hall–Kier alpha value is -0.620. The van der Waals surface area contributed by atoms with Crippen LogP contribution in [0.2, 0.25) is 0 Å². The van der Waals surface area contributed by atoms with Crippen molar-refractivity contribution in [3.63, 3.8) is 0 Å². The number of urea groups is 1. The summed E-state index contributed by atoms with van der Waals surface area (Å²) < 4.78 is 4.29. The summed E-state index contributed by atoms with van der Waals surface area (Å²) in [7, 11) is 0. The van der Waals surface area contributed by atoms with Crippen molar-refractivity contribution in [1.29, 1.82) is 0 Å². The first-order valence-electron chi connectivity index (χ1n) is 3.91. The van der Waals surface area contributed by atoms with Crippen LogP contribution in [0.4, 0.5) is 4.79 Å². The van der Waals surface area contributed by atoms with E-state index in [1.54, 1.807) is 13.8 Å². The van der Waals surface area contributed by atoms with Gasteiger partial charge in [0.15, 0.2) is 6.23 Å². The Balaban J connectivity index is 2.78. The van der Waals surface area contributed by atoms with E-state index in [2.05, 4.69) is 26.6 Å². The number of carbonyl (C=O) groups excluding carboxylic acids is 2. The van der Waals surface area contributed by atoms with Gasteiger partial charge in [0.05, 0.1) is 0 Å². The third kappa shape index (κ3) is 2.00. The van der Waals surface area contributed by atoms with Crippen LogP contribution in [-0.4, -0.2) is 29.1 Å². The number of ether oxygens (including phenoxy) is 1. The first kappa shape index (κ1) is 10.5. The Morgan fingerprint density at radius 1 is 1.62 bits per heavy atom. The van der Waals surface area contributed by atoms with E-state index in [-0.39, 0.29) is 0 Å². The summed E-state index contributed by atoms with van der Waals surface area (Å²) in [4.78, 5) is 22.2. The lowest BCUT2D eigenvalue weighted by molar-refractivity contribution is -0.128. The summed E-state index contributed by atoms with van der Waals surface area (Å²) >= 11 is 3.20. The number of carbonyl (C=O) groups is 2. The van der Waals surface area contributed by atoms with Crippen molar-refractivity contribution in [2.24, 2.45) is 0 Å². The molecule has 3 amide bonds. The van der Waals surface area contributed by atoms with Crippen LogP contribution >= 0.6 is 15.9 Å². The highest BCUT2D eigenvalue weighted by Crippen LogP contribution is 2.25. The number of hydrogen-bond acceptors (Lipinski definition) is 3. The molecule has 0 radical (unpaired) electrons. The molecular formula is C7H11BrN2O3. The molecule has 13 heavy (non-hydrogen) atoms. The van der Waals surface area contributed by atoms with Crippen molar-refractivity contribution in [3.8, 4) is 0 Å². The molecule has 0 bridgehead atoms. The number of amides is 3. The summed E-state index contributed by atoms with van der Waals surface area (Å²) in [6.07, 6.45) is -0.626. The number of alkyl halides is 1. The summed E-state index contributed by atoms with van der Waals surface area (Å²) in [5, 5.41) is 4.64. The molecule has 1 heterocycles. The third-order valence-electron chi connectivity index (χ3n) is 1.76. The zero-order valence-electron chi connectivity index (χ0n) is 7.39. The van der Waals surface area contributed by atoms with Gasteiger partial charge in [0, 0.05) is 6.61 Å². The van der Waals surface area contributed by atoms with Gasteiger partial charge in [0.2, 0.25) is 5.91 Å². The van der Waals surface area contributed by atoms with Crippen LogP contribution < -0.4 is 10.6 Å². The van der Waals surface area contributed by atoms with Crippen LogP contribution in [0.25, 0.3) is 0 Å². The van der Waals surface area contributed by atoms with Gasteiger partial charge in [-0.05, 0) is 13.8 Å². The predicted octanol–water partition coefficient (Wildman–Crippen LogP) is 0.342. The monoisotopic (exact) mass is 250 g/mol. The predicted molar refractivity (Wildman–Crippen MR) is 49.4 cm³/mol. The maximum atomic E-state index is 11.3. The van der Waals surface area contributed by atoms with Crippen molar-refractivity contribution >= 4 is 27.9 Å². The second-order valence-electron chi connectivity index (χ2n) is 2.84. The Kier molecular flexibility index (Phi) is 2.92. The van der Waals surface area contributed by atoms with Crippen LogP contribution in [0.5, 0.6) is 0 Å². The average Bonchev–Trinajstić information content (AvgIpc) is 2.01. The largest absolute Gasteiger partial charge is 0.357 e. The highest BCUT2D eigenvalue weighted by Gasteiger charge is 2.45. The van der Waals surface area contributed by atoms with Gasteiger partial charge in [-0.15, -0.1) is 0 Å². The SMILES string of the molecule is CCO[C@H]1NC(=O)NC(=O)[C@@]1(C)Br. The number of nitrogens with one attached hydrogen (secondary N) is 2. The fourth-order valence-electron chi connectivity index (χ4n) is 1.000. The van der Waals surface area contributed by atoms with E-state index in [9.17, 15) is 9.59 Å². The summed E-state index contributed by atoms with van der Waals surface area (Å²) in [5.41, 5.74) is 0. The van der Waals surface area contributed by atoms with Crippen LogP contribution in [0.15, 0.2) is 0 Å². The lowest BCUT2D eigenvalue weighted by Gasteiger charge is -2.35. The van der Waals surface area contributed by atoms with Crippen molar-refractivity contribution < 1.29 is 14.3 Å². The van der Waals surface area contributed by atoms with Gasteiger partial charge >= 0.3 is 6.03 Å². The molecule has 1 aliphatic heterocycles. The van der Waals surface area contributed by atoms with Crippen LogP contribution in [0.3, 0.4) is 0 Å². The molecule has 0 aliphatic carbocycles. The molecule has 0 aromatic rings. The molecule has 2 N–H and O–H groups in total. The number of rotatable bonds is 2. The molecule has 5 nitrogen and oxygen atoms in total. The second kappa shape index (κ2) is 3.63. The van der Waals surface area contributed by atoms with Crippen LogP contribution in [0.1, 0.15) is 13.8 Å². The quantitative estimate of drug-likeness (QED) is 0.695. The smallest absolute Gasteiger partial charge is 0.323 e. The maximum Gasteiger partial charge on any atom is 0.323 e. The minimum atomic E-state index is -0.906. The van der Waals surface area contributed by atoms with E-state index < -0.39 is 22.5 Å². The number of hydrogen-bond donors (Lipinski definition) is 2. The molecule has 0 saturated carbocycles. The zero-order valence-corrected chi connectivity index (χ0v) is 8.97. The van der Waals surface area contributed by atoms with Gasteiger partial charge in [-0.1, -0.05) is 15.9 Å². The zero-order chi connectivity index (χ0) is 10.1. The molecule has 6 heteroatoms. The van der Waals surface area contributed by atoms with Gasteiger partial charge in [-0.2, -0.15) is 0 Å². The molecule has 74 valence electrons. The Labute approximate surface area is 84.3 Å². The molecule has 0 unspecified atom stereocenters. The molecular weight excluding hydrogens is 240 g/mol. The van der Waals surface area contributed by atoms with Crippen molar-refractivity contribution in [2.45, 2.75) is 24.4 Å². The number of imide groups is 1. The first-order valence-corrected chi connectivity index (χ1v) is 4.70. The Morgan fingerprint density at radius 3 is 2.77 bits per heavy atom. The number of halogens is 1. The Bertz CT molecular complexity index is 242. The van der Waals surface area contributed by atoms with Crippen LogP contribution in [-0.2, 0) is 9.53 Å². The standard InChI is InChI=1S/C7H11BrN2O3/c1-3-13-5-7(2,8)4(11)9-6(12)10-5/h5H,3H2,1-2H3,(H2,9,10,11,12)/t5-,7-/m1/s1. The van der Waals surface area contributed by atoms with Gasteiger partial charge in [-0.3, -0.25) is 10.1 Å². The lowest BCUT2D eigenvalue weighted by Crippen LogP contribution is -2.65. The topological polar surface area (TPSA) is 67.4 Å². The average molecular weight is 251 g/mol. The van der Waals surface area contributed by atoms with Crippen molar-refractivity contribution in [3.05, 3.63) is 0 Å². The van der Waals surface area contributed by atoms with Gasteiger partial charge in [-0.25, -0.2) is 4.79 Å². The van der Waals surface area contributed by atoms with E-state index in [1.165, 1.54) is 0 Å². The summed E-state index contributed by atoms with van der Waals surface area (Å²) in [6.45, 7) is 3.86. The molecule has 0 spiro atoms. The lowest BCUT2D eigenvalue weighted by atomic mass is 10.1. The normalized spacial score (nSPS) is 33.9. The van der Waals surface area contributed by atoms with E-state index in [0.717, 1.165) is 0 Å². The highest BCUT2D eigenvalue weighted by atomic mass is 79.9. The molecule has 1 fully saturated rings. The fraction of sp³-hybridized carbons (Fsp3) is 0.714. The minimum absolute atomic E-state index is 0.394. The molecule has 1 aliphatic rings. The molecule has 1 rings (SSSR count). The summed E-state index contributed by atoms with van der Waals surface area (Å²) in [6, 6.07) is -0.527. The second-order valence-corrected chi connectivity index (χ2v) is 4.49. The van der Waals surface area contributed by atoms with Crippen LogP contribution in [0, 0.1) is 0 Å². The van der Waals surface area contributed by atoms with Gasteiger partial charge in [0.1, 0.15) is 4.32 Å². The molecule has 0 aromatic carbocycles.